The Hall–Kier alpha value is -0.410. The Kier molecular flexibility index (Phi) is 4.29. The average Bonchev–Trinajstić information content (AvgIpc) is 2.23. The number of hydrogen-bond donors (Lipinski definition) is 1. The minimum atomic E-state index is -0.226. The Bertz CT molecular complexity index is 334. The molecule has 0 saturated carbocycles. The Balaban J connectivity index is 2.92. The van der Waals surface area contributed by atoms with Gasteiger partial charge in [-0.25, -0.2) is 4.39 Å². The first-order valence-electron chi connectivity index (χ1n) is 5.23. The van der Waals surface area contributed by atoms with Crippen LogP contribution in [-0.4, -0.2) is 5.54 Å². The maximum atomic E-state index is 13.1. The number of benzene rings is 1. The van der Waals surface area contributed by atoms with Gasteiger partial charge in [-0.1, -0.05) is 29.8 Å². The second kappa shape index (κ2) is 5.08. The van der Waals surface area contributed by atoms with E-state index in [1.807, 2.05) is 0 Å². The molecule has 84 valence electrons. The van der Waals surface area contributed by atoms with E-state index in [1.165, 1.54) is 6.07 Å². The van der Waals surface area contributed by atoms with E-state index < -0.39 is 0 Å². The van der Waals surface area contributed by atoms with Gasteiger partial charge in [0.15, 0.2) is 0 Å². The summed E-state index contributed by atoms with van der Waals surface area (Å²) in [6, 6.07) is 4.73. The van der Waals surface area contributed by atoms with E-state index in [4.69, 9.17) is 5.73 Å². The molecule has 2 N–H and O–H groups in total. The van der Waals surface area contributed by atoms with Gasteiger partial charge in [-0.05, 0) is 43.0 Å². The van der Waals surface area contributed by atoms with Crippen molar-refractivity contribution >= 4 is 15.9 Å². The third-order valence-electron chi connectivity index (χ3n) is 2.96. The van der Waals surface area contributed by atoms with Gasteiger partial charge in [0, 0.05) is 10.0 Å². The second-order valence-corrected chi connectivity index (χ2v) is 4.84. The Morgan fingerprint density at radius 3 is 2.47 bits per heavy atom. The van der Waals surface area contributed by atoms with E-state index in [1.54, 1.807) is 12.1 Å². The molecule has 1 aromatic rings. The molecule has 1 rings (SSSR count). The summed E-state index contributed by atoms with van der Waals surface area (Å²) in [5, 5.41) is 0. The fourth-order valence-corrected chi connectivity index (χ4v) is 1.94. The quantitative estimate of drug-likeness (QED) is 0.891. The summed E-state index contributed by atoms with van der Waals surface area (Å²) in [5.41, 5.74) is 6.92. The summed E-state index contributed by atoms with van der Waals surface area (Å²) in [6.45, 7) is 4.13. The molecular formula is C12H17BrFN. The third kappa shape index (κ3) is 3.28. The molecular weight excluding hydrogens is 257 g/mol. The molecule has 0 fully saturated rings. The minimum absolute atomic E-state index is 0.206. The molecule has 1 nitrogen and oxygen atoms in total. The van der Waals surface area contributed by atoms with Crippen molar-refractivity contribution in [3.05, 3.63) is 34.1 Å². The second-order valence-electron chi connectivity index (χ2n) is 3.98. The van der Waals surface area contributed by atoms with Crippen molar-refractivity contribution < 1.29 is 4.39 Å². The van der Waals surface area contributed by atoms with Gasteiger partial charge >= 0.3 is 0 Å². The number of halogens is 2. The van der Waals surface area contributed by atoms with Crippen LogP contribution < -0.4 is 5.73 Å². The van der Waals surface area contributed by atoms with Crippen LogP contribution in [0.5, 0.6) is 0 Å². The van der Waals surface area contributed by atoms with Crippen molar-refractivity contribution in [2.45, 2.75) is 38.6 Å². The molecule has 0 aliphatic carbocycles. The zero-order chi connectivity index (χ0) is 11.5. The zero-order valence-electron chi connectivity index (χ0n) is 9.19. The van der Waals surface area contributed by atoms with Crippen molar-refractivity contribution in [1.82, 2.24) is 0 Å². The smallest absolute Gasteiger partial charge is 0.123 e. The Morgan fingerprint density at radius 1 is 1.33 bits per heavy atom. The standard InChI is InChI=1S/C12H17BrFN/c1-3-12(15,4-2)8-9-7-10(14)5-6-11(9)13/h5-7H,3-4,8,15H2,1-2H3. The molecule has 0 spiro atoms. The third-order valence-corrected chi connectivity index (χ3v) is 3.73. The molecule has 1 aromatic carbocycles. The Morgan fingerprint density at radius 2 is 1.93 bits per heavy atom. The topological polar surface area (TPSA) is 26.0 Å². The summed E-state index contributed by atoms with van der Waals surface area (Å²) < 4.78 is 14.0. The van der Waals surface area contributed by atoms with E-state index in [0.717, 1.165) is 22.9 Å². The van der Waals surface area contributed by atoms with Crippen LogP contribution in [0.2, 0.25) is 0 Å². The lowest BCUT2D eigenvalue weighted by molar-refractivity contribution is 0.392. The van der Waals surface area contributed by atoms with Crippen molar-refractivity contribution in [2.24, 2.45) is 5.73 Å². The van der Waals surface area contributed by atoms with Crippen molar-refractivity contribution in [1.29, 1.82) is 0 Å². The molecule has 0 amide bonds. The molecule has 0 saturated heterocycles. The van der Waals surface area contributed by atoms with Crippen LogP contribution in [0, 0.1) is 5.82 Å². The van der Waals surface area contributed by atoms with E-state index in [9.17, 15) is 4.39 Å². The number of nitrogens with two attached hydrogens (primary N) is 1. The number of rotatable bonds is 4. The van der Waals surface area contributed by atoms with Crippen LogP contribution in [0.4, 0.5) is 4.39 Å². The van der Waals surface area contributed by atoms with E-state index in [0.29, 0.717) is 6.42 Å². The summed E-state index contributed by atoms with van der Waals surface area (Å²) >= 11 is 3.42. The van der Waals surface area contributed by atoms with Crippen molar-refractivity contribution in [2.75, 3.05) is 0 Å². The molecule has 3 heteroatoms. The van der Waals surface area contributed by atoms with Gasteiger partial charge in [-0.15, -0.1) is 0 Å². The summed E-state index contributed by atoms with van der Waals surface area (Å²) in [6.07, 6.45) is 2.50. The average molecular weight is 274 g/mol. The van der Waals surface area contributed by atoms with Gasteiger partial charge in [-0.3, -0.25) is 0 Å². The van der Waals surface area contributed by atoms with Gasteiger partial charge in [-0.2, -0.15) is 0 Å². The van der Waals surface area contributed by atoms with Crippen molar-refractivity contribution in [3.63, 3.8) is 0 Å². The molecule has 15 heavy (non-hydrogen) atoms. The SMILES string of the molecule is CCC(N)(CC)Cc1cc(F)ccc1Br. The van der Waals surface area contributed by atoms with Gasteiger partial charge in [0.2, 0.25) is 0 Å². The summed E-state index contributed by atoms with van der Waals surface area (Å²) in [7, 11) is 0. The van der Waals surface area contributed by atoms with Crippen LogP contribution in [0.25, 0.3) is 0 Å². The molecule has 0 aromatic heterocycles. The first-order valence-corrected chi connectivity index (χ1v) is 6.03. The molecule has 0 atom stereocenters. The van der Waals surface area contributed by atoms with Crippen LogP contribution in [0.15, 0.2) is 22.7 Å². The van der Waals surface area contributed by atoms with Crippen LogP contribution in [0.1, 0.15) is 32.3 Å². The highest BCUT2D eigenvalue weighted by Gasteiger charge is 2.21. The molecule has 0 aliphatic heterocycles. The predicted octanol–water partition coefficient (Wildman–Crippen LogP) is 3.65. The lowest BCUT2D eigenvalue weighted by atomic mass is 9.87. The molecule has 0 unspecified atom stereocenters. The van der Waals surface area contributed by atoms with Gasteiger partial charge in [0.25, 0.3) is 0 Å². The maximum absolute atomic E-state index is 13.1. The maximum Gasteiger partial charge on any atom is 0.123 e. The first-order chi connectivity index (χ1) is 7.00. The molecule has 0 aliphatic rings. The van der Waals surface area contributed by atoms with E-state index in [2.05, 4.69) is 29.8 Å². The predicted molar refractivity (Wildman–Crippen MR) is 65.3 cm³/mol. The fraction of sp³-hybridized carbons (Fsp3) is 0.500. The lowest BCUT2D eigenvalue weighted by Gasteiger charge is -2.27. The van der Waals surface area contributed by atoms with Crippen LogP contribution in [0.3, 0.4) is 0 Å². The Labute approximate surface area is 99.0 Å². The van der Waals surface area contributed by atoms with Gasteiger partial charge in [0.1, 0.15) is 5.82 Å². The van der Waals surface area contributed by atoms with Crippen molar-refractivity contribution in [3.8, 4) is 0 Å². The largest absolute Gasteiger partial charge is 0.325 e. The summed E-state index contributed by atoms with van der Waals surface area (Å²) in [5.74, 6) is -0.206. The highest BCUT2D eigenvalue weighted by atomic mass is 79.9. The first kappa shape index (κ1) is 12.7. The van der Waals surface area contributed by atoms with Gasteiger partial charge < -0.3 is 5.73 Å². The summed E-state index contributed by atoms with van der Waals surface area (Å²) in [4.78, 5) is 0. The number of hydrogen-bond acceptors (Lipinski definition) is 1. The highest BCUT2D eigenvalue weighted by Crippen LogP contribution is 2.24. The molecule has 0 bridgehead atoms. The molecule has 0 heterocycles. The monoisotopic (exact) mass is 273 g/mol. The molecule has 0 radical (unpaired) electrons. The highest BCUT2D eigenvalue weighted by molar-refractivity contribution is 9.10. The van der Waals surface area contributed by atoms with Crippen LogP contribution >= 0.6 is 15.9 Å². The normalized spacial score (nSPS) is 11.8. The fourth-order valence-electron chi connectivity index (χ4n) is 1.56. The zero-order valence-corrected chi connectivity index (χ0v) is 10.8. The van der Waals surface area contributed by atoms with E-state index >= 15 is 0 Å². The minimum Gasteiger partial charge on any atom is -0.325 e. The van der Waals surface area contributed by atoms with Crippen LogP contribution in [-0.2, 0) is 6.42 Å². The lowest BCUT2D eigenvalue weighted by Crippen LogP contribution is -2.40. The van der Waals surface area contributed by atoms with E-state index in [-0.39, 0.29) is 11.4 Å². The van der Waals surface area contributed by atoms with Gasteiger partial charge in [0.05, 0.1) is 0 Å².